The van der Waals surface area contributed by atoms with E-state index in [4.69, 9.17) is 23.2 Å². The topological polar surface area (TPSA) is 70.7 Å². The number of hydrogen-bond acceptors (Lipinski definition) is 5. The molecular weight excluding hydrogens is 399 g/mol. The van der Waals surface area contributed by atoms with Gasteiger partial charge in [-0.25, -0.2) is 4.98 Å². The zero-order valence-electron chi connectivity index (χ0n) is 13.1. The highest BCUT2D eigenvalue weighted by molar-refractivity contribution is 8.00. The van der Waals surface area contributed by atoms with E-state index in [-0.39, 0.29) is 11.2 Å². The quantitative estimate of drug-likeness (QED) is 0.565. The first-order valence-electron chi connectivity index (χ1n) is 7.38. The van der Waals surface area contributed by atoms with Crippen LogP contribution in [0.5, 0.6) is 0 Å². The van der Waals surface area contributed by atoms with Crippen LogP contribution in [0.4, 0.5) is 5.69 Å². The number of thiophene rings is 1. The van der Waals surface area contributed by atoms with Crippen molar-refractivity contribution in [3.8, 4) is 0 Å². The van der Waals surface area contributed by atoms with E-state index < -0.39 is 0 Å². The summed E-state index contributed by atoms with van der Waals surface area (Å²) in [7, 11) is 0. The van der Waals surface area contributed by atoms with E-state index in [2.05, 4.69) is 20.5 Å². The van der Waals surface area contributed by atoms with Crippen LogP contribution >= 0.6 is 46.3 Å². The maximum Gasteiger partial charge on any atom is 0.237 e. The molecule has 1 aromatic carbocycles. The number of thioether (sulfide) groups is 1. The molecule has 1 atom stereocenters. The molecule has 9 heteroatoms. The number of anilines is 1. The molecule has 5 nitrogen and oxygen atoms in total. The second-order valence-corrected chi connectivity index (χ2v) is 8.30. The molecule has 3 rings (SSSR count). The third kappa shape index (κ3) is 4.76. The van der Waals surface area contributed by atoms with Crippen molar-refractivity contribution in [2.24, 2.45) is 0 Å². The van der Waals surface area contributed by atoms with E-state index in [1.165, 1.54) is 16.6 Å². The second kappa shape index (κ2) is 8.23. The zero-order chi connectivity index (χ0) is 17.8. The molecule has 130 valence electrons. The maximum atomic E-state index is 12.3. The van der Waals surface area contributed by atoms with E-state index in [1.54, 1.807) is 36.5 Å². The Labute approximate surface area is 163 Å². The molecule has 0 aliphatic heterocycles. The number of carbonyl (C=O) groups is 1. The number of H-pyrrole nitrogens is 1. The number of amides is 1. The van der Waals surface area contributed by atoms with Gasteiger partial charge in [-0.15, -0.1) is 16.4 Å². The predicted octanol–water partition coefficient (Wildman–Crippen LogP) is 4.88. The Morgan fingerprint density at radius 3 is 2.96 bits per heavy atom. The number of nitrogens with one attached hydrogen (secondary N) is 2. The number of aromatic amines is 1. The van der Waals surface area contributed by atoms with Crippen LogP contribution in [0.3, 0.4) is 0 Å². The molecular formula is C16H14Cl2N4OS2. The summed E-state index contributed by atoms with van der Waals surface area (Å²) in [6, 6.07) is 9.15. The van der Waals surface area contributed by atoms with Gasteiger partial charge in [-0.2, -0.15) is 0 Å². The fourth-order valence-electron chi connectivity index (χ4n) is 2.03. The van der Waals surface area contributed by atoms with Crippen LogP contribution in [0, 0.1) is 0 Å². The van der Waals surface area contributed by atoms with E-state index >= 15 is 0 Å². The maximum absolute atomic E-state index is 12.3. The summed E-state index contributed by atoms with van der Waals surface area (Å²) in [4.78, 5) is 18.0. The summed E-state index contributed by atoms with van der Waals surface area (Å²) in [5, 5.41) is 12.7. The first-order valence-corrected chi connectivity index (χ1v) is 9.89. The Kier molecular flexibility index (Phi) is 6.01. The van der Waals surface area contributed by atoms with Crippen LogP contribution in [0.15, 0.2) is 40.9 Å². The van der Waals surface area contributed by atoms with Crippen molar-refractivity contribution in [3.63, 3.8) is 0 Å². The SMILES string of the molecule is CC(Sc1n[nH]c(Cc2cccs2)n1)C(=O)Nc1cccc(Cl)c1Cl. The average Bonchev–Trinajstić information content (AvgIpc) is 3.24. The highest BCUT2D eigenvalue weighted by Gasteiger charge is 2.18. The van der Waals surface area contributed by atoms with E-state index in [0.29, 0.717) is 27.3 Å². The highest BCUT2D eigenvalue weighted by atomic mass is 35.5. The molecule has 3 aromatic rings. The summed E-state index contributed by atoms with van der Waals surface area (Å²) in [6.07, 6.45) is 0.698. The minimum absolute atomic E-state index is 0.196. The van der Waals surface area contributed by atoms with E-state index in [1.807, 2.05) is 17.5 Å². The Morgan fingerprint density at radius 2 is 2.20 bits per heavy atom. The smallest absolute Gasteiger partial charge is 0.237 e. The zero-order valence-corrected chi connectivity index (χ0v) is 16.3. The molecule has 1 amide bonds. The van der Waals surface area contributed by atoms with Gasteiger partial charge in [-0.3, -0.25) is 9.89 Å². The number of nitrogens with zero attached hydrogens (tertiary/aromatic N) is 2. The summed E-state index contributed by atoms with van der Waals surface area (Å²) < 4.78 is 0. The van der Waals surface area contributed by atoms with E-state index in [0.717, 1.165) is 5.82 Å². The third-order valence-electron chi connectivity index (χ3n) is 3.29. The molecule has 2 aromatic heterocycles. The summed E-state index contributed by atoms with van der Waals surface area (Å²) in [5.41, 5.74) is 0.486. The first-order chi connectivity index (χ1) is 12.0. The van der Waals surface area contributed by atoms with Gasteiger partial charge in [0.1, 0.15) is 5.82 Å². The van der Waals surface area contributed by atoms with Gasteiger partial charge >= 0.3 is 0 Å². The molecule has 0 saturated carbocycles. The van der Waals surface area contributed by atoms with Gasteiger partial charge in [0.25, 0.3) is 0 Å². The Bertz CT molecular complexity index is 867. The van der Waals surface area contributed by atoms with Gasteiger partial charge in [0.2, 0.25) is 11.1 Å². The van der Waals surface area contributed by atoms with Crippen LogP contribution in [-0.4, -0.2) is 26.3 Å². The van der Waals surface area contributed by atoms with Gasteiger partial charge in [0.15, 0.2) is 0 Å². The van der Waals surface area contributed by atoms with Crippen molar-refractivity contribution in [2.75, 3.05) is 5.32 Å². The van der Waals surface area contributed by atoms with Crippen molar-refractivity contribution >= 4 is 57.9 Å². The number of hydrogen-bond donors (Lipinski definition) is 2. The molecule has 0 bridgehead atoms. The highest BCUT2D eigenvalue weighted by Crippen LogP contribution is 2.30. The molecule has 0 aliphatic rings. The molecule has 2 heterocycles. The largest absolute Gasteiger partial charge is 0.324 e. The Hall–Kier alpha value is -1.54. The van der Waals surface area contributed by atoms with Crippen LogP contribution in [-0.2, 0) is 11.2 Å². The fourth-order valence-corrected chi connectivity index (χ4v) is 3.83. The van der Waals surface area contributed by atoms with Crippen LogP contribution in [0.25, 0.3) is 0 Å². The molecule has 2 N–H and O–H groups in total. The summed E-state index contributed by atoms with van der Waals surface area (Å²) in [5.74, 6) is 0.578. The Balaban J connectivity index is 1.60. The lowest BCUT2D eigenvalue weighted by Gasteiger charge is -2.11. The van der Waals surface area contributed by atoms with Gasteiger partial charge in [0.05, 0.1) is 21.0 Å². The fraction of sp³-hybridized carbons (Fsp3) is 0.188. The van der Waals surface area contributed by atoms with Crippen LogP contribution in [0.1, 0.15) is 17.6 Å². The van der Waals surface area contributed by atoms with Crippen LogP contribution < -0.4 is 5.32 Å². The Morgan fingerprint density at radius 1 is 1.36 bits per heavy atom. The van der Waals surface area contributed by atoms with Crippen molar-refractivity contribution in [3.05, 3.63) is 56.5 Å². The third-order valence-corrected chi connectivity index (χ3v) is 5.95. The van der Waals surface area contributed by atoms with Gasteiger partial charge in [0, 0.05) is 11.3 Å². The molecule has 0 saturated heterocycles. The van der Waals surface area contributed by atoms with Gasteiger partial charge in [-0.1, -0.05) is 47.1 Å². The predicted molar refractivity (Wildman–Crippen MR) is 104 cm³/mol. The van der Waals surface area contributed by atoms with Crippen LogP contribution in [0.2, 0.25) is 10.0 Å². The number of rotatable bonds is 6. The number of halogens is 2. The number of carbonyl (C=O) groups excluding carboxylic acids is 1. The normalized spacial score (nSPS) is 12.1. The lowest BCUT2D eigenvalue weighted by atomic mass is 10.3. The lowest BCUT2D eigenvalue weighted by Crippen LogP contribution is -2.22. The van der Waals surface area contributed by atoms with E-state index in [9.17, 15) is 4.79 Å². The summed E-state index contributed by atoms with van der Waals surface area (Å²) in [6.45, 7) is 1.79. The van der Waals surface area contributed by atoms with Gasteiger partial charge < -0.3 is 5.32 Å². The molecule has 0 radical (unpaired) electrons. The standard InChI is InChI=1S/C16H14Cl2N4OS2/c1-9(15(23)19-12-6-2-5-11(17)14(12)18)25-16-20-13(21-22-16)8-10-4-3-7-24-10/h2-7,9H,8H2,1H3,(H,19,23)(H,20,21,22). The van der Waals surface area contributed by atoms with Crippen molar-refractivity contribution in [1.29, 1.82) is 0 Å². The monoisotopic (exact) mass is 412 g/mol. The average molecular weight is 413 g/mol. The number of benzene rings is 1. The summed E-state index contributed by atoms with van der Waals surface area (Å²) >= 11 is 15.0. The minimum Gasteiger partial charge on any atom is -0.324 e. The number of aromatic nitrogens is 3. The molecule has 0 spiro atoms. The van der Waals surface area contributed by atoms with Crippen molar-refractivity contribution in [1.82, 2.24) is 15.2 Å². The molecule has 1 unspecified atom stereocenters. The van der Waals surface area contributed by atoms with Gasteiger partial charge in [-0.05, 0) is 30.5 Å². The molecule has 0 fully saturated rings. The minimum atomic E-state index is -0.388. The van der Waals surface area contributed by atoms with Crippen molar-refractivity contribution in [2.45, 2.75) is 23.8 Å². The lowest BCUT2D eigenvalue weighted by molar-refractivity contribution is -0.115. The molecule has 0 aliphatic carbocycles. The van der Waals surface area contributed by atoms with Crippen molar-refractivity contribution < 1.29 is 4.79 Å². The second-order valence-electron chi connectivity index (χ2n) is 5.17. The molecule has 25 heavy (non-hydrogen) atoms. The first kappa shape index (κ1) is 18.3.